The first-order valence-corrected chi connectivity index (χ1v) is 14.3. The van der Waals surface area contributed by atoms with Gasteiger partial charge in [0, 0.05) is 17.8 Å². The van der Waals surface area contributed by atoms with Crippen molar-refractivity contribution in [2.45, 2.75) is 46.8 Å². The number of alkyl halides is 3. The lowest BCUT2D eigenvalue weighted by Crippen LogP contribution is -2.66. The molecule has 206 valence electrons. The molecule has 2 fully saturated rings. The zero-order valence-electron chi connectivity index (χ0n) is 20.2. The number of carbonyl (C=O) groups excluding carboxylic acids is 1. The summed E-state index contributed by atoms with van der Waals surface area (Å²) in [5.74, 6) is 1.19. The quantitative estimate of drug-likeness (QED) is 0.305. The van der Waals surface area contributed by atoms with Crippen LogP contribution in [0.2, 0.25) is 0 Å². The van der Waals surface area contributed by atoms with Gasteiger partial charge in [0.15, 0.2) is 12.4 Å². The largest absolute Gasteiger partial charge is 0.448 e. The lowest BCUT2D eigenvalue weighted by Gasteiger charge is -2.48. The van der Waals surface area contributed by atoms with E-state index in [0.717, 1.165) is 5.56 Å². The van der Waals surface area contributed by atoms with Crippen molar-refractivity contribution in [2.75, 3.05) is 19.0 Å². The van der Waals surface area contributed by atoms with Gasteiger partial charge in [-0.1, -0.05) is 90.3 Å². The molecular weight excluding hydrogens is 597 g/mol. The third-order valence-corrected chi connectivity index (χ3v) is 7.14. The van der Waals surface area contributed by atoms with Gasteiger partial charge in [0.05, 0.1) is 6.61 Å². The van der Waals surface area contributed by atoms with Gasteiger partial charge < -0.3 is 33.7 Å². The van der Waals surface area contributed by atoms with Gasteiger partial charge in [-0.25, -0.2) is 4.79 Å². The molecule has 0 aromatic heterocycles. The van der Waals surface area contributed by atoms with Crippen LogP contribution in [0.1, 0.15) is 18.8 Å². The molecule has 2 saturated heterocycles. The Morgan fingerprint density at radius 1 is 1.11 bits per heavy atom. The summed E-state index contributed by atoms with van der Waals surface area (Å²) in [7, 11) is 0. The SMILES string of the molecule is CCS[C@@H]1O[C@@H]2CO[C@@H](c3ccccc3)O[C@H]2[C@H](OC(=S)Oc2ccccc2)[C@H]1NC(=O)OCC(Cl)(Cl)Cl. The fourth-order valence-electron chi connectivity index (χ4n) is 4.00. The molecule has 38 heavy (non-hydrogen) atoms. The van der Waals surface area contributed by atoms with E-state index in [-0.39, 0.29) is 11.8 Å². The van der Waals surface area contributed by atoms with Gasteiger partial charge in [0.2, 0.25) is 3.79 Å². The summed E-state index contributed by atoms with van der Waals surface area (Å²) < 4.78 is 33.9. The van der Waals surface area contributed by atoms with Crippen molar-refractivity contribution in [1.82, 2.24) is 5.32 Å². The molecule has 2 heterocycles. The number of benzene rings is 2. The van der Waals surface area contributed by atoms with Crippen molar-refractivity contribution < 1.29 is 33.2 Å². The molecule has 1 N–H and O–H groups in total. The van der Waals surface area contributed by atoms with E-state index in [4.69, 9.17) is 75.4 Å². The maximum absolute atomic E-state index is 12.7. The van der Waals surface area contributed by atoms with Crippen LogP contribution >= 0.6 is 58.8 Å². The Hall–Kier alpha value is -1.50. The average molecular weight is 623 g/mol. The molecule has 0 bridgehead atoms. The van der Waals surface area contributed by atoms with Gasteiger partial charge in [0.1, 0.15) is 36.0 Å². The summed E-state index contributed by atoms with van der Waals surface area (Å²) in [6.07, 6.45) is -3.51. The van der Waals surface area contributed by atoms with E-state index in [1.165, 1.54) is 11.8 Å². The number of thioether (sulfide) groups is 1. The molecule has 1 amide bonds. The van der Waals surface area contributed by atoms with E-state index < -0.39 is 52.6 Å². The van der Waals surface area contributed by atoms with Gasteiger partial charge in [0.25, 0.3) is 0 Å². The fourth-order valence-corrected chi connectivity index (χ4v) is 5.35. The molecule has 8 nitrogen and oxygen atoms in total. The third kappa shape index (κ3) is 8.25. The normalized spacial score (nSPS) is 27.1. The number of halogens is 3. The topological polar surface area (TPSA) is 84.5 Å². The molecular formula is C25H26Cl3NO7S2. The van der Waals surface area contributed by atoms with Crippen molar-refractivity contribution in [2.24, 2.45) is 0 Å². The van der Waals surface area contributed by atoms with Gasteiger partial charge in [-0.15, -0.1) is 11.8 Å². The van der Waals surface area contributed by atoms with E-state index in [1.807, 2.05) is 55.5 Å². The predicted octanol–water partition coefficient (Wildman–Crippen LogP) is 5.79. The van der Waals surface area contributed by atoms with Crippen LogP contribution in [0.5, 0.6) is 5.75 Å². The molecule has 2 aromatic rings. The number of nitrogens with one attached hydrogen (secondary N) is 1. The number of amides is 1. The molecule has 6 atom stereocenters. The van der Waals surface area contributed by atoms with Crippen LogP contribution in [0.3, 0.4) is 0 Å². The molecule has 0 unspecified atom stereocenters. The number of rotatable bonds is 7. The van der Waals surface area contributed by atoms with Gasteiger partial charge in [-0.05, 0) is 17.9 Å². The molecule has 0 radical (unpaired) electrons. The van der Waals surface area contributed by atoms with Crippen LogP contribution < -0.4 is 10.1 Å². The first-order valence-electron chi connectivity index (χ1n) is 11.8. The van der Waals surface area contributed by atoms with Crippen LogP contribution in [0.25, 0.3) is 0 Å². The van der Waals surface area contributed by atoms with E-state index in [2.05, 4.69) is 5.32 Å². The van der Waals surface area contributed by atoms with Crippen LogP contribution in [0, 0.1) is 0 Å². The van der Waals surface area contributed by atoms with Crippen molar-refractivity contribution in [3.8, 4) is 5.75 Å². The van der Waals surface area contributed by atoms with Crippen molar-refractivity contribution in [1.29, 1.82) is 0 Å². The minimum atomic E-state index is -1.77. The number of alkyl carbamates (subject to hydrolysis) is 1. The lowest BCUT2D eigenvalue weighted by molar-refractivity contribution is -0.305. The van der Waals surface area contributed by atoms with Gasteiger partial charge in [-0.3, -0.25) is 0 Å². The molecule has 0 saturated carbocycles. The number of fused-ring (bicyclic) bond motifs is 1. The highest BCUT2D eigenvalue weighted by Crippen LogP contribution is 2.38. The van der Waals surface area contributed by atoms with E-state index >= 15 is 0 Å². The second-order valence-corrected chi connectivity index (χ2v) is 12.5. The summed E-state index contributed by atoms with van der Waals surface area (Å²) in [5, 5.41) is 2.65. The van der Waals surface area contributed by atoms with Crippen LogP contribution in [0.4, 0.5) is 4.79 Å². The first-order chi connectivity index (χ1) is 18.2. The Morgan fingerprint density at radius 3 is 2.45 bits per heavy atom. The lowest BCUT2D eigenvalue weighted by atomic mass is 9.96. The number of hydrogen-bond acceptors (Lipinski definition) is 9. The van der Waals surface area contributed by atoms with E-state index in [1.54, 1.807) is 12.1 Å². The average Bonchev–Trinajstić information content (AvgIpc) is 2.90. The van der Waals surface area contributed by atoms with Crippen molar-refractivity contribution in [3.63, 3.8) is 0 Å². The van der Waals surface area contributed by atoms with E-state index in [9.17, 15) is 4.79 Å². The maximum atomic E-state index is 12.7. The van der Waals surface area contributed by atoms with Gasteiger partial charge in [-0.2, -0.15) is 0 Å². The predicted molar refractivity (Wildman–Crippen MR) is 150 cm³/mol. The summed E-state index contributed by atoms with van der Waals surface area (Å²) in [5.41, 5.74) is 0.274. The molecule has 13 heteroatoms. The third-order valence-electron chi connectivity index (χ3n) is 5.57. The second-order valence-electron chi connectivity index (χ2n) is 8.28. The van der Waals surface area contributed by atoms with Gasteiger partial charge >= 0.3 is 11.3 Å². The highest BCUT2D eigenvalue weighted by molar-refractivity contribution is 7.99. The summed E-state index contributed by atoms with van der Waals surface area (Å²) in [6, 6.07) is 17.7. The van der Waals surface area contributed by atoms with Crippen LogP contribution in [0.15, 0.2) is 60.7 Å². The Kier molecular flexibility index (Phi) is 10.6. The fraction of sp³-hybridized carbons (Fsp3) is 0.440. The van der Waals surface area contributed by atoms with E-state index in [0.29, 0.717) is 11.5 Å². The van der Waals surface area contributed by atoms with Crippen LogP contribution in [-0.4, -0.2) is 63.9 Å². The summed E-state index contributed by atoms with van der Waals surface area (Å²) in [4.78, 5) is 12.7. The molecule has 0 spiro atoms. The number of hydrogen-bond donors (Lipinski definition) is 1. The van der Waals surface area contributed by atoms with Crippen LogP contribution in [-0.2, 0) is 23.7 Å². The van der Waals surface area contributed by atoms with Crippen molar-refractivity contribution >= 4 is 70.1 Å². The maximum Gasteiger partial charge on any atom is 0.407 e. The molecule has 0 aliphatic carbocycles. The Balaban J connectivity index is 1.58. The molecule has 2 aliphatic rings. The standard InChI is InChI=1S/C25H26Cl3NO7S2/c1-2-38-22-18(29-23(30)32-14-25(26,27)28)20(36-24(37)33-16-11-7-4-8-12-16)19-17(34-22)13-31-21(35-19)15-9-5-3-6-10-15/h3-12,17-22H,2,13-14H2,1H3,(H,29,30)/t17-,18-,19-,20-,21-,22+/m1/s1. The highest BCUT2D eigenvalue weighted by atomic mass is 35.6. The monoisotopic (exact) mass is 621 g/mol. The number of ether oxygens (including phenoxy) is 6. The van der Waals surface area contributed by atoms with Crippen molar-refractivity contribution in [3.05, 3.63) is 66.2 Å². The number of carbonyl (C=O) groups is 1. The number of thiocarbonyl (C=S) groups is 1. The zero-order valence-corrected chi connectivity index (χ0v) is 24.1. The smallest absolute Gasteiger partial charge is 0.407 e. The minimum absolute atomic E-state index is 0.144. The number of para-hydroxylation sites is 1. The Labute approximate surface area is 245 Å². The minimum Gasteiger partial charge on any atom is -0.448 e. The Morgan fingerprint density at radius 2 is 1.79 bits per heavy atom. The molecule has 4 rings (SSSR count). The zero-order chi connectivity index (χ0) is 27.1. The summed E-state index contributed by atoms with van der Waals surface area (Å²) >= 11 is 24.1. The first kappa shape index (κ1) is 29.5. The Bertz CT molecular complexity index is 1060. The highest BCUT2D eigenvalue weighted by Gasteiger charge is 2.52. The second kappa shape index (κ2) is 13.7. The molecule has 2 aromatic carbocycles. The summed E-state index contributed by atoms with van der Waals surface area (Å²) in [6.45, 7) is 1.76. The molecule has 2 aliphatic heterocycles.